The summed E-state index contributed by atoms with van der Waals surface area (Å²) in [5.41, 5.74) is 0. The fourth-order valence-electron chi connectivity index (χ4n) is 2.26. The first-order valence-electron chi connectivity index (χ1n) is 5.78. The molecule has 4 heteroatoms. The van der Waals surface area contributed by atoms with Crippen molar-refractivity contribution in [3.05, 3.63) is 0 Å². The van der Waals surface area contributed by atoms with E-state index in [0.29, 0.717) is 19.3 Å². The molecule has 0 heterocycles. The molecule has 92 valence electrons. The van der Waals surface area contributed by atoms with Gasteiger partial charge in [0.2, 0.25) is 0 Å². The summed E-state index contributed by atoms with van der Waals surface area (Å²) in [4.78, 5) is 0. The minimum absolute atomic E-state index is 0.224. The molecule has 1 rings (SSSR count). The number of terminal acetylenes is 1. The Kier molecular flexibility index (Phi) is 4.67. The Hall–Kier alpha value is -0.690. The van der Waals surface area contributed by atoms with Crippen LogP contribution in [0.25, 0.3) is 0 Å². The van der Waals surface area contributed by atoms with Crippen LogP contribution in [0.1, 0.15) is 39.0 Å². The lowest BCUT2D eigenvalue weighted by atomic mass is 9.83. The molecule has 0 amide bonds. The van der Waals surface area contributed by atoms with Gasteiger partial charge in [-0.2, -0.15) is 13.2 Å². The van der Waals surface area contributed by atoms with Gasteiger partial charge < -0.3 is 5.32 Å². The predicted octanol–water partition coefficient (Wildman–Crippen LogP) is 3.11. The molecule has 0 aromatic heterocycles. The number of rotatable bonds is 3. The molecule has 0 aromatic carbocycles. The summed E-state index contributed by atoms with van der Waals surface area (Å²) in [5, 5.41) is 2.96. The summed E-state index contributed by atoms with van der Waals surface area (Å²) in [6.07, 6.45) is 4.13. The Labute approximate surface area is 94.8 Å². The number of halogens is 3. The summed E-state index contributed by atoms with van der Waals surface area (Å²) in [6, 6.07) is -0.747. The van der Waals surface area contributed by atoms with E-state index in [1.54, 1.807) is 0 Å². The molecular formula is C12H18F3N. The zero-order chi connectivity index (χ0) is 12.2. The smallest absolute Gasteiger partial charge is 0.300 e. The molecule has 0 saturated heterocycles. The van der Waals surface area contributed by atoms with Crippen molar-refractivity contribution >= 4 is 0 Å². The van der Waals surface area contributed by atoms with Gasteiger partial charge in [-0.05, 0) is 19.3 Å². The van der Waals surface area contributed by atoms with Gasteiger partial charge in [-0.25, -0.2) is 0 Å². The van der Waals surface area contributed by atoms with Crippen LogP contribution in [0, 0.1) is 18.3 Å². The summed E-state index contributed by atoms with van der Waals surface area (Å²) in [5.74, 6) is 1.26. The quantitative estimate of drug-likeness (QED) is 0.738. The number of hydrogen-bond acceptors (Lipinski definition) is 1. The molecule has 1 N–H and O–H groups in total. The van der Waals surface area contributed by atoms with Gasteiger partial charge in [0.15, 0.2) is 0 Å². The normalized spacial score (nSPS) is 28.4. The van der Waals surface area contributed by atoms with Crippen LogP contribution in [0.3, 0.4) is 0 Å². The Balaban J connectivity index is 2.64. The monoisotopic (exact) mass is 233 g/mol. The SMILES string of the molecule is C#CC(CC)NC1CCCCC1C(F)(F)F. The third-order valence-corrected chi connectivity index (χ3v) is 3.21. The molecular weight excluding hydrogens is 215 g/mol. The zero-order valence-corrected chi connectivity index (χ0v) is 9.48. The van der Waals surface area contributed by atoms with E-state index in [-0.39, 0.29) is 12.5 Å². The van der Waals surface area contributed by atoms with Gasteiger partial charge in [-0.15, -0.1) is 6.42 Å². The number of nitrogens with one attached hydrogen (secondary N) is 1. The highest BCUT2D eigenvalue weighted by molar-refractivity contribution is 5.00. The Morgan fingerprint density at radius 2 is 2.00 bits per heavy atom. The van der Waals surface area contributed by atoms with Crippen molar-refractivity contribution in [2.45, 2.75) is 57.3 Å². The molecule has 0 bridgehead atoms. The lowest BCUT2D eigenvalue weighted by Crippen LogP contribution is -2.48. The lowest BCUT2D eigenvalue weighted by Gasteiger charge is -2.35. The van der Waals surface area contributed by atoms with Crippen LogP contribution in [0.15, 0.2) is 0 Å². The van der Waals surface area contributed by atoms with Gasteiger partial charge in [0.25, 0.3) is 0 Å². The van der Waals surface area contributed by atoms with Crippen molar-refractivity contribution in [2.24, 2.45) is 5.92 Å². The van der Waals surface area contributed by atoms with E-state index in [1.807, 2.05) is 6.92 Å². The molecule has 16 heavy (non-hydrogen) atoms. The van der Waals surface area contributed by atoms with Crippen LogP contribution in [0.5, 0.6) is 0 Å². The van der Waals surface area contributed by atoms with Gasteiger partial charge in [-0.3, -0.25) is 0 Å². The highest BCUT2D eigenvalue weighted by atomic mass is 19.4. The summed E-state index contributed by atoms with van der Waals surface area (Å²) in [7, 11) is 0. The molecule has 1 nitrogen and oxygen atoms in total. The minimum atomic E-state index is -4.11. The van der Waals surface area contributed by atoms with Crippen molar-refractivity contribution in [2.75, 3.05) is 0 Å². The molecule has 0 spiro atoms. The molecule has 3 atom stereocenters. The van der Waals surface area contributed by atoms with Crippen molar-refractivity contribution in [1.82, 2.24) is 5.32 Å². The van der Waals surface area contributed by atoms with Crippen molar-refractivity contribution in [3.8, 4) is 12.3 Å². The van der Waals surface area contributed by atoms with Crippen LogP contribution in [0.4, 0.5) is 13.2 Å². The first-order valence-corrected chi connectivity index (χ1v) is 5.78. The maximum Gasteiger partial charge on any atom is 0.393 e. The molecule has 0 aliphatic heterocycles. The van der Waals surface area contributed by atoms with Gasteiger partial charge in [0.1, 0.15) is 0 Å². The fourth-order valence-corrected chi connectivity index (χ4v) is 2.26. The molecule has 0 radical (unpaired) electrons. The second-order valence-electron chi connectivity index (χ2n) is 4.33. The number of alkyl halides is 3. The predicted molar refractivity (Wildman–Crippen MR) is 57.8 cm³/mol. The van der Waals surface area contributed by atoms with Crippen LogP contribution < -0.4 is 5.32 Å². The highest BCUT2D eigenvalue weighted by Crippen LogP contribution is 2.37. The van der Waals surface area contributed by atoms with Gasteiger partial charge in [-0.1, -0.05) is 25.7 Å². The van der Waals surface area contributed by atoms with E-state index < -0.39 is 18.1 Å². The van der Waals surface area contributed by atoms with Crippen LogP contribution in [0.2, 0.25) is 0 Å². The third kappa shape index (κ3) is 3.41. The topological polar surface area (TPSA) is 12.0 Å². The first-order chi connectivity index (χ1) is 7.49. The summed E-state index contributed by atoms with van der Waals surface area (Å²) in [6.45, 7) is 1.88. The lowest BCUT2D eigenvalue weighted by molar-refractivity contribution is -0.189. The van der Waals surface area contributed by atoms with E-state index >= 15 is 0 Å². The fraction of sp³-hybridized carbons (Fsp3) is 0.833. The highest BCUT2D eigenvalue weighted by Gasteiger charge is 2.45. The molecule has 1 aliphatic carbocycles. The van der Waals surface area contributed by atoms with Gasteiger partial charge in [0, 0.05) is 6.04 Å². The molecule has 1 fully saturated rings. The Morgan fingerprint density at radius 3 is 2.50 bits per heavy atom. The third-order valence-electron chi connectivity index (χ3n) is 3.21. The van der Waals surface area contributed by atoms with Crippen LogP contribution in [-0.2, 0) is 0 Å². The standard InChI is InChI=1S/C12H18F3N/c1-3-9(4-2)16-11-8-6-5-7-10(11)12(13,14)15/h1,9-11,16H,4-8H2,2H3. The largest absolute Gasteiger partial charge is 0.393 e. The van der Waals surface area contributed by atoms with Gasteiger partial charge in [0.05, 0.1) is 12.0 Å². The first kappa shape index (κ1) is 13.4. The van der Waals surface area contributed by atoms with E-state index in [0.717, 1.165) is 6.42 Å². The Morgan fingerprint density at radius 1 is 1.38 bits per heavy atom. The van der Waals surface area contributed by atoms with E-state index in [4.69, 9.17) is 6.42 Å². The Bertz CT molecular complexity index is 254. The average Bonchev–Trinajstić information content (AvgIpc) is 2.25. The maximum atomic E-state index is 12.8. The maximum absolute atomic E-state index is 12.8. The molecule has 0 aromatic rings. The van der Waals surface area contributed by atoms with E-state index in [1.165, 1.54) is 0 Å². The van der Waals surface area contributed by atoms with Crippen molar-refractivity contribution < 1.29 is 13.2 Å². The molecule has 1 aliphatic rings. The van der Waals surface area contributed by atoms with E-state index in [2.05, 4.69) is 11.2 Å². The second-order valence-corrected chi connectivity index (χ2v) is 4.33. The van der Waals surface area contributed by atoms with E-state index in [9.17, 15) is 13.2 Å². The molecule has 1 saturated carbocycles. The van der Waals surface area contributed by atoms with Crippen LogP contribution >= 0.6 is 0 Å². The van der Waals surface area contributed by atoms with Crippen molar-refractivity contribution in [1.29, 1.82) is 0 Å². The second kappa shape index (κ2) is 5.58. The zero-order valence-electron chi connectivity index (χ0n) is 9.48. The van der Waals surface area contributed by atoms with Crippen LogP contribution in [-0.4, -0.2) is 18.3 Å². The average molecular weight is 233 g/mol. The van der Waals surface area contributed by atoms with Gasteiger partial charge >= 0.3 is 6.18 Å². The minimum Gasteiger partial charge on any atom is -0.300 e. The van der Waals surface area contributed by atoms with Crippen molar-refractivity contribution in [3.63, 3.8) is 0 Å². The summed E-state index contributed by atoms with van der Waals surface area (Å²) < 4.78 is 38.3. The molecule has 3 unspecified atom stereocenters. The number of hydrogen-bond donors (Lipinski definition) is 1. The summed E-state index contributed by atoms with van der Waals surface area (Å²) >= 11 is 0.